The van der Waals surface area contributed by atoms with Gasteiger partial charge in [0.15, 0.2) is 6.61 Å². The van der Waals surface area contributed by atoms with Gasteiger partial charge in [0.05, 0.1) is 5.56 Å². The van der Waals surface area contributed by atoms with E-state index in [0.717, 1.165) is 6.42 Å². The first-order valence-corrected chi connectivity index (χ1v) is 4.52. The van der Waals surface area contributed by atoms with Gasteiger partial charge in [-0.05, 0) is 12.1 Å². The van der Waals surface area contributed by atoms with Crippen LogP contribution in [-0.4, -0.2) is 12.6 Å². The Morgan fingerprint density at radius 2 is 2.00 bits per heavy atom. The molecule has 1 aromatic rings. The number of benzene rings is 1. The molecule has 0 aliphatic heterocycles. The fourth-order valence-electron chi connectivity index (χ4n) is 0.935. The van der Waals surface area contributed by atoms with Gasteiger partial charge in [-0.3, -0.25) is 0 Å². The summed E-state index contributed by atoms with van der Waals surface area (Å²) in [5.74, 6) is 5.25. The second kappa shape index (κ2) is 5.82. The SMILES string of the molecule is CCC#CCOC(=O)c1ccccc1. The highest BCUT2D eigenvalue weighted by molar-refractivity contribution is 5.89. The average Bonchev–Trinajstić information content (AvgIpc) is 2.25. The molecule has 0 aliphatic carbocycles. The van der Waals surface area contributed by atoms with Crippen LogP contribution in [0.4, 0.5) is 0 Å². The first-order valence-electron chi connectivity index (χ1n) is 4.52. The molecule has 0 unspecified atom stereocenters. The van der Waals surface area contributed by atoms with Crippen LogP contribution >= 0.6 is 0 Å². The number of rotatable bonds is 2. The van der Waals surface area contributed by atoms with Crippen molar-refractivity contribution in [2.24, 2.45) is 0 Å². The molecule has 0 aromatic heterocycles. The molecule has 0 spiro atoms. The highest BCUT2D eigenvalue weighted by atomic mass is 16.5. The molecule has 0 N–H and O–H groups in total. The first-order chi connectivity index (χ1) is 6.84. The van der Waals surface area contributed by atoms with Crippen molar-refractivity contribution >= 4 is 5.97 Å². The second-order valence-electron chi connectivity index (χ2n) is 2.65. The van der Waals surface area contributed by atoms with Crippen LogP contribution in [0, 0.1) is 11.8 Å². The molecule has 0 aliphatic rings. The van der Waals surface area contributed by atoms with E-state index in [4.69, 9.17) is 4.74 Å². The monoisotopic (exact) mass is 188 g/mol. The fraction of sp³-hybridized carbons (Fsp3) is 0.250. The second-order valence-corrected chi connectivity index (χ2v) is 2.65. The minimum absolute atomic E-state index is 0.168. The summed E-state index contributed by atoms with van der Waals surface area (Å²) in [4.78, 5) is 11.3. The minimum atomic E-state index is -0.323. The minimum Gasteiger partial charge on any atom is -0.449 e. The maximum atomic E-state index is 11.3. The normalized spacial score (nSPS) is 8.64. The first kappa shape index (κ1) is 10.3. The maximum Gasteiger partial charge on any atom is 0.339 e. The Morgan fingerprint density at radius 3 is 2.64 bits per heavy atom. The van der Waals surface area contributed by atoms with E-state index in [-0.39, 0.29) is 12.6 Å². The lowest BCUT2D eigenvalue weighted by Gasteiger charge is -1.99. The van der Waals surface area contributed by atoms with Gasteiger partial charge in [-0.1, -0.05) is 31.0 Å². The van der Waals surface area contributed by atoms with E-state index in [1.807, 2.05) is 13.0 Å². The Bertz CT molecular complexity index is 344. The molecule has 0 radical (unpaired) electrons. The molecule has 14 heavy (non-hydrogen) atoms. The zero-order chi connectivity index (χ0) is 10.2. The van der Waals surface area contributed by atoms with Crippen molar-refractivity contribution in [2.45, 2.75) is 13.3 Å². The van der Waals surface area contributed by atoms with Crippen LogP contribution in [0.3, 0.4) is 0 Å². The van der Waals surface area contributed by atoms with Crippen LogP contribution in [0.25, 0.3) is 0 Å². The highest BCUT2D eigenvalue weighted by Crippen LogP contribution is 2.00. The molecule has 2 nitrogen and oxygen atoms in total. The Kier molecular flexibility index (Phi) is 4.30. The zero-order valence-electron chi connectivity index (χ0n) is 8.12. The summed E-state index contributed by atoms with van der Waals surface area (Å²) in [6.07, 6.45) is 0.781. The number of carbonyl (C=O) groups is 1. The van der Waals surface area contributed by atoms with Crippen LogP contribution in [-0.2, 0) is 4.74 Å². The third-order valence-electron chi connectivity index (χ3n) is 1.59. The summed E-state index contributed by atoms with van der Waals surface area (Å²) in [6.45, 7) is 2.12. The van der Waals surface area contributed by atoms with Crippen molar-refractivity contribution in [1.82, 2.24) is 0 Å². The summed E-state index contributed by atoms with van der Waals surface area (Å²) in [5, 5.41) is 0. The van der Waals surface area contributed by atoms with Crippen LogP contribution < -0.4 is 0 Å². The molecule has 1 aromatic carbocycles. The lowest BCUT2D eigenvalue weighted by atomic mass is 10.2. The smallest absolute Gasteiger partial charge is 0.339 e. The van der Waals surface area contributed by atoms with E-state index in [2.05, 4.69) is 11.8 Å². The standard InChI is InChI=1S/C12H12O2/c1-2-3-7-10-14-12(13)11-8-5-4-6-9-11/h4-6,8-9H,2,10H2,1H3. The van der Waals surface area contributed by atoms with Crippen molar-refractivity contribution in [3.05, 3.63) is 35.9 Å². The van der Waals surface area contributed by atoms with Gasteiger partial charge in [0.1, 0.15) is 0 Å². The average molecular weight is 188 g/mol. The van der Waals surface area contributed by atoms with E-state index < -0.39 is 0 Å². The predicted octanol–water partition coefficient (Wildman–Crippen LogP) is 2.26. The van der Waals surface area contributed by atoms with Gasteiger partial charge < -0.3 is 4.74 Å². The molecule has 72 valence electrons. The van der Waals surface area contributed by atoms with Gasteiger partial charge in [0.2, 0.25) is 0 Å². The van der Waals surface area contributed by atoms with Gasteiger partial charge in [-0.2, -0.15) is 0 Å². The molecule has 0 heterocycles. The van der Waals surface area contributed by atoms with Gasteiger partial charge in [0, 0.05) is 6.42 Å². The summed E-state index contributed by atoms with van der Waals surface area (Å²) < 4.78 is 4.92. The molecule has 0 atom stereocenters. The summed E-state index contributed by atoms with van der Waals surface area (Å²) >= 11 is 0. The van der Waals surface area contributed by atoms with Crippen molar-refractivity contribution in [3.63, 3.8) is 0 Å². The predicted molar refractivity (Wildman–Crippen MR) is 54.8 cm³/mol. The van der Waals surface area contributed by atoms with Crippen LogP contribution in [0.15, 0.2) is 30.3 Å². The van der Waals surface area contributed by atoms with Gasteiger partial charge in [-0.15, -0.1) is 5.92 Å². The van der Waals surface area contributed by atoms with Crippen molar-refractivity contribution in [2.75, 3.05) is 6.61 Å². The molecule has 0 saturated heterocycles. The van der Waals surface area contributed by atoms with E-state index >= 15 is 0 Å². The lowest BCUT2D eigenvalue weighted by molar-refractivity contribution is 0.0556. The molecular formula is C12H12O2. The quantitative estimate of drug-likeness (QED) is 0.525. The largest absolute Gasteiger partial charge is 0.449 e. The van der Waals surface area contributed by atoms with Crippen molar-refractivity contribution in [3.8, 4) is 11.8 Å². The summed E-state index contributed by atoms with van der Waals surface area (Å²) in [7, 11) is 0. The number of hydrogen-bond donors (Lipinski definition) is 0. The Hall–Kier alpha value is -1.75. The van der Waals surface area contributed by atoms with E-state index in [1.165, 1.54) is 0 Å². The maximum absolute atomic E-state index is 11.3. The molecule has 0 fully saturated rings. The van der Waals surface area contributed by atoms with E-state index in [9.17, 15) is 4.79 Å². The number of carbonyl (C=O) groups excluding carboxylic acids is 1. The van der Waals surface area contributed by atoms with Crippen molar-refractivity contribution < 1.29 is 9.53 Å². The molecule has 0 saturated carbocycles. The Morgan fingerprint density at radius 1 is 1.29 bits per heavy atom. The Labute approximate surface area is 83.9 Å². The number of hydrogen-bond acceptors (Lipinski definition) is 2. The Balaban J connectivity index is 2.44. The number of esters is 1. The lowest BCUT2D eigenvalue weighted by Crippen LogP contribution is -2.04. The van der Waals surface area contributed by atoms with Crippen LogP contribution in [0.1, 0.15) is 23.7 Å². The van der Waals surface area contributed by atoms with Crippen LogP contribution in [0.5, 0.6) is 0 Å². The van der Waals surface area contributed by atoms with E-state index in [1.54, 1.807) is 24.3 Å². The third-order valence-corrected chi connectivity index (χ3v) is 1.59. The van der Waals surface area contributed by atoms with Crippen molar-refractivity contribution in [1.29, 1.82) is 0 Å². The third kappa shape index (κ3) is 3.32. The van der Waals surface area contributed by atoms with Gasteiger partial charge in [-0.25, -0.2) is 4.79 Å². The highest BCUT2D eigenvalue weighted by Gasteiger charge is 2.03. The topological polar surface area (TPSA) is 26.3 Å². The fourth-order valence-corrected chi connectivity index (χ4v) is 0.935. The number of ether oxygens (including phenoxy) is 1. The van der Waals surface area contributed by atoms with Gasteiger partial charge >= 0.3 is 5.97 Å². The molecule has 0 amide bonds. The zero-order valence-corrected chi connectivity index (χ0v) is 8.12. The molecule has 1 rings (SSSR count). The molecule has 0 bridgehead atoms. The molecule has 2 heteroatoms. The summed E-state index contributed by atoms with van der Waals surface area (Å²) in [6, 6.07) is 8.89. The van der Waals surface area contributed by atoms with E-state index in [0.29, 0.717) is 5.56 Å². The van der Waals surface area contributed by atoms with Gasteiger partial charge in [0.25, 0.3) is 0 Å². The molecular weight excluding hydrogens is 176 g/mol. The summed E-state index contributed by atoms with van der Waals surface area (Å²) in [5.41, 5.74) is 0.561. The van der Waals surface area contributed by atoms with Crippen LogP contribution in [0.2, 0.25) is 0 Å².